The molecule has 0 fully saturated rings. The van der Waals surface area contributed by atoms with Gasteiger partial charge in [-0.1, -0.05) is 29.8 Å². The summed E-state index contributed by atoms with van der Waals surface area (Å²) in [5.41, 5.74) is 8.65. The first kappa shape index (κ1) is 19.9. The molecule has 0 atom stereocenters. The molecule has 1 aliphatic rings. The molecule has 27 heavy (non-hydrogen) atoms. The monoisotopic (exact) mass is 469 g/mol. The standard InChI is InChI=1S/C19H15BrClN3O2.ClH.H2/c20-12-9-24(7-3-6-22)14-8-11(10-4-1-2-5-13(10)21)15-17(16(12)14)19(26)23-18(15)25;;/h1-2,4-5,8-9H,3,6-7,22H2,(H,23,25,26);2*1H. The lowest BCUT2D eigenvalue weighted by atomic mass is 9.94. The summed E-state index contributed by atoms with van der Waals surface area (Å²) in [6.07, 6.45) is 2.73. The second kappa shape index (κ2) is 7.64. The van der Waals surface area contributed by atoms with Crippen LogP contribution < -0.4 is 11.1 Å². The minimum atomic E-state index is -0.400. The molecule has 1 aliphatic heterocycles. The SMILES string of the molecule is Cl.NCCCn1cc(Br)c2c3c(c(-c4ccccc4Cl)cc21)C(=O)NC3=O.[HH]. The van der Waals surface area contributed by atoms with E-state index in [-0.39, 0.29) is 19.7 Å². The number of hydrogen-bond acceptors (Lipinski definition) is 3. The van der Waals surface area contributed by atoms with Gasteiger partial charge in [-0.2, -0.15) is 0 Å². The van der Waals surface area contributed by atoms with E-state index < -0.39 is 5.91 Å². The number of aromatic nitrogens is 1. The normalized spacial score (nSPS) is 12.9. The van der Waals surface area contributed by atoms with Crippen molar-refractivity contribution in [2.45, 2.75) is 13.0 Å². The van der Waals surface area contributed by atoms with Gasteiger partial charge in [0, 0.05) is 34.6 Å². The molecule has 3 aromatic rings. The fraction of sp³-hybridized carbons (Fsp3) is 0.158. The summed E-state index contributed by atoms with van der Waals surface area (Å²) in [5, 5.41) is 3.67. The van der Waals surface area contributed by atoms with E-state index in [0.29, 0.717) is 28.3 Å². The van der Waals surface area contributed by atoms with Crippen molar-refractivity contribution in [1.29, 1.82) is 0 Å². The van der Waals surface area contributed by atoms with Crippen molar-refractivity contribution < 1.29 is 11.0 Å². The van der Waals surface area contributed by atoms with Gasteiger partial charge in [-0.15, -0.1) is 12.4 Å². The van der Waals surface area contributed by atoms with E-state index in [4.69, 9.17) is 17.3 Å². The molecule has 4 rings (SSSR count). The largest absolute Gasteiger partial charge is 0.346 e. The van der Waals surface area contributed by atoms with Crippen LogP contribution in [-0.2, 0) is 6.54 Å². The van der Waals surface area contributed by atoms with Crippen molar-refractivity contribution in [3.8, 4) is 11.1 Å². The molecule has 0 saturated carbocycles. The van der Waals surface area contributed by atoms with Crippen LogP contribution in [0.3, 0.4) is 0 Å². The van der Waals surface area contributed by atoms with Gasteiger partial charge in [-0.3, -0.25) is 14.9 Å². The third-order valence-corrected chi connectivity index (χ3v) is 5.50. The van der Waals surface area contributed by atoms with E-state index in [2.05, 4.69) is 21.2 Å². The molecule has 1 aromatic heterocycles. The minimum absolute atomic E-state index is 0. The highest BCUT2D eigenvalue weighted by Gasteiger charge is 2.34. The maximum Gasteiger partial charge on any atom is 0.259 e. The molecular formula is C19H18BrCl2N3O2. The van der Waals surface area contributed by atoms with Crippen molar-refractivity contribution in [3.63, 3.8) is 0 Å². The summed E-state index contributed by atoms with van der Waals surface area (Å²) in [4.78, 5) is 25.0. The number of fused-ring (bicyclic) bond motifs is 3. The van der Waals surface area contributed by atoms with Crippen molar-refractivity contribution in [3.05, 3.63) is 57.2 Å². The van der Waals surface area contributed by atoms with Gasteiger partial charge in [0.05, 0.1) is 16.6 Å². The number of benzene rings is 2. The zero-order valence-corrected chi connectivity index (χ0v) is 17.2. The lowest BCUT2D eigenvalue weighted by Gasteiger charge is -2.12. The quantitative estimate of drug-likeness (QED) is 0.546. The third kappa shape index (κ3) is 3.17. The number of aryl methyl sites for hydroxylation is 1. The fourth-order valence-electron chi connectivity index (χ4n) is 3.44. The Bertz CT molecular complexity index is 1080. The van der Waals surface area contributed by atoms with Crippen LogP contribution in [0.5, 0.6) is 0 Å². The molecule has 2 aromatic carbocycles. The van der Waals surface area contributed by atoms with Crippen molar-refractivity contribution in [2.24, 2.45) is 5.73 Å². The molecule has 8 heteroatoms. The molecule has 0 aliphatic carbocycles. The van der Waals surface area contributed by atoms with Gasteiger partial charge >= 0.3 is 0 Å². The molecule has 0 unspecified atom stereocenters. The number of hydrogen-bond donors (Lipinski definition) is 2. The lowest BCUT2D eigenvalue weighted by Crippen LogP contribution is -2.20. The molecular weight excluding hydrogens is 453 g/mol. The summed E-state index contributed by atoms with van der Waals surface area (Å²) >= 11 is 9.91. The Morgan fingerprint density at radius 2 is 1.85 bits per heavy atom. The van der Waals surface area contributed by atoms with Gasteiger partial charge in [0.2, 0.25) is 0 Å². The fourth-order valence-corrected chi connectivity index (χ4v) is 4.32. The number of rotatable bonds is 4. The third-order valence-electron chi connectivity index (χ3n) is 4.57. The number of imide groups is 1. The first-order chi connectivity index (χ1) is 12.5. The Kier molecular flexibility index (Phi) is 5.63. The van der Waals surface area contributed by atoms with Gasteiger partial charge < -0.3 is 10.3 Å². The highest BCUT2D eigenvalue weighted by molar-refractivity contribution is 9.10. The maximum atomic E-state index is 12.5. The summed E-state index contributed by atoms with van der Waals surface area (Å²) in [6, 6.07) is 9.23. The Morgan fingerprint density at radius 1 is 1.15 bits per heavy atom. The summed E-state index contributed by atoms with van der Waals surface area (Å²) in [5.74, 6) is -0.787. The van der Waals surface area contributed by atoms with Crippen molar-refractivity contribution in [2.75, 3.05) is 6.54 Å². The van der Waals surface area contributed by atoms with E-state index in [0.717, 1.165) is 33.9 Å². The molecule has 142 valence electrons. The Labute approximate surface area is 176 Å². The Balaban J connectivity index is 0.00000140. The van der Waals surface area contributed by atoms with Crippen LogP contribution in [0.15, 0.2) is 41.0 Å². The topological polar surface area (TPSA) is 77.1 Å². The van der Waals surface area contributed by atoms with Gasteiger partial charge in [-0.25, -0.2) is 0 Å². The second-order valence-electron chi connectivity index (χ2n) is 6.14. The number of carbonyl (C=O) groups is 2. The first-order valence-corrected chi connectivity index (χ1v) is 9.36. The van der Waals surface area contributed by atoms with Gasteiger partial charge in [-0.05, 0) is 46.6 Å². The van der Waals surface area contributed by atoms with Crippen molar-refractivity contribution >= 4 is 62.7 Å². The van der Waals surface area contributed by atoms with Crippen LogP contribution in [0.25, 0.3) is 22.0 Å². The number of amides is 2. The highest BCUT2D eigenvalue weighted by Crippen LogP contribution is 2.41. The number of nitrogens with zero attached hydrogens (tertiary/aromatic N) is 1. The zero-order chi connectivity index (χ0) is 18.4. The van der Waals surface area contributed by atoms with E-state index in [1.54, 1.807) is 6.07 Å². The molecule has 5 nitrogen and oxygen atoms in total. The average molecular weight is 471 g/mol. The predicted octanol–water partition coefficient (Wildman–Crippen LogP) is 4.62. The molecule has 2 amide bonds. The summed E-state index contributed by atoms with van der Waals surface area (Å²) in [6.45, 7) is 1.29. The predicted molar refractivity (Wildman–Crippen MR) is 115 cm³/mol. The number of carbonyl (C=O) groups excluding carboxylic acids is 2. The second-order valence-corrected chi connectivity index (χ2v) is 7.41. The molecule has 3 N–H and O–H groups in total. The van der Waals surface area contributed by atoms with Crippen LogP contribution in [0, 0.1) is 0 Å². The zero-order valence-electron chi connectivity index (χ0n) is 14.1. The highest BCUT2D eigenvalue weighted by atomic mass is 79.9. The molecule has 0 bridgehead atoms. The smallest absolute Gasteiger partial charge is 0.259 e. The lowest BCUT2D eigenvalue weighted by molar-refractivity contribution is 0.0880. The molecule has 2 heterocycles. The Morgan fingerprint density at radius 3 is 2.56 bits per heavy atom. The number of nitrogens with one attached hydrogen (secondary N) is 1. The van der Waals surface area contributed by atoms with E-state index in [1.807, 2.05) is 35.0 Å². The van der Waals surface area contributed by atoms with Gasteiger partial charge in [0.15, 0.2) is 0 Å². The maximum absolute atomic E-state index is 12.5. The van der Waals surface area contributed by atoms with E-state index in [9.17, 15) is 9.59 Å². The van der Waals surface area contributed by atoms with E-state index in [1.165, 1.54) is 0 Å². The van der Waals surface area contributed by atoms with Crippen LogP contribution in [-0.4, -0.2) is 22.9 Å². The Hall–Kier alpha value is -1.86. The van der Waals surface area contributed by atoms with E-state index >= 15 is 0 Å². The minimum Gasteiger partial charge on any atom is -0.346 e. The van der Waals surface area contributed by atoms with Crippen LogP contribution in [0.4, 0.5) is 0 Å². The van der Waals surface area contributed by atoms with Gasteiger partial charge in [0.1, 0.15) is 0 Å². The summed E-state index contributed by atoms with van der Waals surface area (Å²) in [7, 11) is 0. The van der Waals surface area contributed by atoms with Gasteiger partial charge in [0.25, 0.3) is 11.8 Å². The molecule has 0 saturated heterocycles. The van der Waals surface area contributed by atoms with Crippen molar-refractivity contribution in [1.82, 2.24) is 9.88 Å². The van der Waals surface area contributed by atoms with Crippen LogP contribution >= 0.6 is 39.9 Å². The van der Waals surface area contributed by atoms with Crippen LogP contribution in [0.1, 0.15) is 28.6 Å². The summed E-state index contributed by atoms with van der Waals surface area (Å²) < 4.78 is 2.82. The molecule has 0 spiro atoms. The number of halogens is 3. The first-order valence-electron chi connectivity index (χ1n) is 8.19. The average Bonchev–Trinajstić information content (AvgIpc) is 3.09. The van der Waals surface area contributed by atoms with Crippen LogP contribution in [0.2, 0.25) is 5.02 Å². The molecule has 0 radical (unpaired) electrons. The number of nitrogens with two attached hydrogens (primary N) is 1.